The average Bonchev–Trinajstić information content (AvgIpc) is 2.50. The fourth-order valence-electron chi connectivity index (χ4n) is 2.51. The Morgan fingerprint density at radius 1 is 1.23 bits per heavy atom. The second-order valence-electron chi connectivity index (χ2n) is 5.13. The molecular weight excluding hydrogens is 302 g/mol. The molecule has 0 bridgehead atoms. The van der Waals surface area contributed by atoms with E-state index >= 15 is 0 Å². The standard InChI is InChI=1S/C16H23N3O2.ClH/c1-2-17-10-11-18-15(20)9-12-19-14-6-4-3-5-13(14)7-8-16(19)21;/h3-6,17H,2,7-12H2,1H3,(H,18,20);1H. The highest BCUT2D eigenvalue weighted by Crippen LogP contribution is 2.27. The van der Waals surface area contributed by atoms with Gasteiger partial charge in [-0.3, -0.25) is 9.59 Å². The molecule has 6 heteroatoms. The van der Waals surface area contributed by atoms with E-state index in [0.29, 0.717) is 25.9 Å². The van der Waals surface area contributed by atoms with E-state index in [1.54, 1.807) is 4.90 Å². The number of aryl methyl sites for hydroxylation is 1. The van der Waals surface area contributed by atoms with Crippen LogP contribution in [-0.4, -0.2) is 38.0 Å². The first-order valence-corrected chi connectivity index (χ1v) is 7.58. The SMILES string of the molecule is CCNCCNC(=O)CCN1C(=O)CCc2ccccc21.Cl. The molecule has 0 aromatic heterocycles. The molecule has 0 unspecified atom stereocenters. The minimum atomic E-state index is -0.0104. The second kappa shape index (κ2) is 9.43. The molecule has 2 amide bonds. The fraction of sp³-hybridized carbons (Fsp3) is 0.500. The summed E-state index contributed by atoms with van der Waals surface area (Å²) in [6.07, 6.45) is 1.66. The quantitative estimate of drug-likeness (QED) is 0.747. The minimum Gasteiger partial charge on any atom is -0.355 e. The number of likely N-dealkylation sites (N-methyl/N-ethyl adjacent to an activating group) is 1. The number of benzene rings is 1. The Hall–Kier alpha value is -1.59. The van der Waals surface area contributed by atoms with Crippen molar-refractivity contribution in [3.63, 3.8) is 0 Å². The number of amides is 2. The van der Waals surface area contributed by atoms with Gasteiger partial charge in [0.1, 0.15) is 0 Å². The topological polar surface area (TPSA) is 61.4 Å². The highest BCUT2D eigenvalue weighted by atomic mass is 35.5. The molecule has 0 spiro atoms. The van der Waals surface area contributed by atoms with Crippen LogP contribution >= 0.6 is 12.4 Å². The van der Waals surface area contributed by atoms with Gasteiger partial charge in [-0.2, -0.15) is 0 Å². The molecule has 0 aliphatic carbocycles. The van der Waals surface area contributed by atoms with Crippen LogP contribution in [0, 0.1) is 0 Å². The number of hydrogen-bond donors (Lipinski definition) is 2. The summed E-state index contributed by atoms with van der Waals surface area (Å²) in [5.74, 6) is 0.0953. The van der Waals surface area contributed by atoms with Crippen molar-refractivity contribution < 1.29 is 9.59 Å². The molecule has 22 heavy (non-hydrogen) atoms. The zero-order valence-electron chi connectivity index (χ0n) is 12.9. The predicted molar refractivity (Wildman–Crippen MR) is 90.5 cm³/mol. The van der Waals surface area contributed by atoms with Crippen molar-refractivity contribution in [2.45, 2.75) is 26.2 Å². The number of fused-ring (bicyclic) bond motifs is 1. The molecule has 2 N–H and O–H groups in total. The normalized spacial score (nSPS) is 13.3. The van der Waals surface area contributed by atoms with Crippen molar-refractivity contribution >= 4 is 29.9 Å². The van der Waals surface area contributed by atoms with Gasteiger partial charge in [0.15, 0.2) is 0 Å². The maximum atomic E-state index is 12.1. The third-order valence-electron chi connectivity index (χ3n) is 3.63. The molecule has 1 aliphatic rings. The minimum absolute atomic E-state index is 0. The zero-order chi connectivity index (χ0) is 15.1. The molecule has 0 saturated carbocycles. The molecule has 1 heterocycles. The van der Waals surface area contributed by atoms with Crippen molar-refractivity contribution in [2.24, 2.45) is 0 Å². The van der Waals surface area contributed by atoms with E-state index in [0.717, 1.165) is 25.2 Å². The second-order valence-corrected chi connectivity index (χ2v) is 5.13. The van der Waals surface area contributed by atoms with E-state index in [1.165, 1.54) is 5.56 Å². The van der Waals surface area contributed by atoms with Crippen LogP contribution in [0.3, 0.4) is 0 Å². The largest absolute Gasteiger partial charge is 0.355 e. The molecule has 0 radical (unpaired) electrons. The van der Waals surface area contributed by atoms with Crippen molar-refractivity contribution in [3.05, 3.63) is 29.8 Å². The van der Waals surface area contributed by atoms with E-state index in [9.17, 15) is 9.59 Å². The van der Waals surface area contributed by atoms with Crippen molar-refractivity contribution in [1.82, 2.24) is 10.6 Å². The molecule has 0 atom stereocenters. The number of hydrogen-bond acceptors (Lipinski definition) is 3. The average molecular weight is 326 g/mol. The number of carbonyl (C=O) groups is 2. The Balaban J connectivity index is 0.00000242. The van der Waals surface area contributed by atoms with E-state index in [-0.39, 0.29) is 24.2 Å². The Morgan fingerprint density at radius 2 is 2.00 bits per heavy atom. The summed E-state index contributed by atoms with van der Waals surface area (Å²) in [6.45, 7) is 4.77. The first-order chi connectivity index (χ1) is 10.2. The molecule has 0 fully saturated rings. The third-order valence-corrected chi connectivity index (χ3v) is 3.63. The zero-order valence-corrected chi connectivity index (χ0v) is 13.7. The van der Waals surface area contributed by atoms with Crippen LogP contribution < -0.4 is 15.5 Å². The van der Waals surface area contributed by atoms with E-state index in [2.05, 4.69) is 10.6 Å². The summed E-state index contributed by atoms with van der Waals surface area (Å²) in [6, 6.07) is 7.92. The summed E-state index contributed by atoms with van der Waals surface area (Å²) in [4.78, 5) is 25.6. The molecule has 5 nitrogen and oxygen atoms in total. The number of rotatable bonds is 7. The summed E-state index contributed by atoms with van der Waals surface area (Å²) in [5, 5.41) is 6.01. The lowest BCUT2D eigenvalue weighted by Gasteiger charge is -2.29. The van der Waals surface area contributed by atoms with Gasteiger partial charge in [-0.1, -0.05) is 25.1 Å². The monoisotopic (exact) mass is 325 g/mol. The van der Waals surface area contributed by atoms with Gasteiger partial charge in [0.2, 0.25) is 11.8 Å². The van der Waals surface area contributed by atoms with E-state index in [1.807, 2.05) is 31.2 Å². The van der Waals surface area contributed by atoms with Gasteiger partial charge in [0.05, 0.1) is 0 Å². The first-order valence-electron chi connectivity index (χ1n) is 7.58. The predicted octanol–water partition coefficient (Wildman–Crippen LogP) is 1.50. The summed E-state index contributed by atoms with van der Waals surface area (Å²) in [5.41, 5.74) is 2.14. The smallest absolute Gasteiger partial charge is 0.227 e. The lowest BCUT2D eigenvalue weighted by Crippen LogP contribution is -2.39. The number of nitrogens with one attached hydrogen (secondary N) is 2. The Labute approximate surface area is 137 Å². The van der Waals surface area contributed by atoms with Crippen LogP contribution in [0.2, 0.25) is 0 Å². The molecular formula is C16H24ClN3O2. The molecule has 1 aromatic carbocycles. The van der Waals surface area contributed by atoms with Crippen LogP contribution in [0.15, 0.2) is 24.3 Å². The van der Waals surface area contributed by atoms with Crippen LogP contribution in [0.25, 0.3) is 0 Å². The number of para-hydroxylation sites is 1. The van der Waals surface area contributed by atoms with Gasteiger partial charge in [-0.25, -0.2) is 0 Å². The van der Waals surface area contributed by atoms with Crippen molar-refractivity contribution in [1.29, 1.82) is 0 Å². The molecule has 1 aromatic rings. The highest BCUT2D eigenvalue weighted by molar-refractivity contribution is 5.96. The van der Waals surface area contributed by atoms with Crippen molar-refractivity contribution in [3.8, 4) is 0 Å². The molecule has 122 valence electrons. The first kappa shape index (κ1) is 18.5. The highest BCUT2D eigenvalue weighted by Gasteiger charge is 2.23. The van der Waals surface area contributed by atoms with Crippen LogP contribution in [0.4, 0.5) is 5.69 Å². The van der Waals surface area contributed by atoms with Gasteiger partial charge in [0.25, 0.3) is 0 Å². The van der Waals surface area contributed by atoms with Gasteiger partial charge in [-0.15, -0.1) is 12.4 Å². The molecule has 1 aliphatic heterocycles. The van der Waals surface area contributed by atoms with Gasteiger partial charge >= 0.3 is 0 Å². The van der Waals surface area contributed by atoms with E-state index in [4.69, 9.17) is 0 Å². The van der Waals surface area contributed by atoms with Crippen LogP contribution in [0.5, 0.6) is 0 Å². The lowest BCUT2D eigenvalue weighted by molar-refractivity contribution is -0.121. The van der Waals surface area contributed by atoms with Gasteiger partial charge in [-0.05, 0) is 24.6 Å². The summed E-state index contributed by atoms with van der Waals surface area (Å²) < 4.78 is 0. The fourth-order valence-corrected chi connectivity index (χ4v) is 2.51. The van der Waals surface area contributed by atoms with Gasteiger partial charge in [0, 0.05) is 38.2 Å². The van der Waals surface area contributed by atoms with Crippen molar-refractivity contribution in [2.75, 3.05) is 31.1 Å². The Bertz CT molecular complexity index is 508. The summed E-state index contributed by atoms with van der Waals surface area (Å²) >= 11 is 0. The van der Waals surface area contributed by atoms with E-state index < -0.39 is 0 Å². The third kappa shape index (κ3) is 5.00. The number of nitrogens with zero attached hydrogens (tertiary/aromatic N) is 1. The maximum Gasteiger partial charge on any atom is 0.227 e. The summed E-state index contributed by atoms with van der Waals surface area (Å²) in [7, 11) is 0. The number of anilines is 1. The molecule has 0 saturated heterocycles. The van der Waals surface area contributed by atoms with Gasteiger partial charge < -0.3 is 15.5 Å². The number of carbonyl (C=O) groups excluding carboxylic acids is 2. The van der Waals surface area contributed by atoms with Crippen LogP contribution in [0.1, 0.15) is 25.3 Å². The maximum absolute atomic E-state index is 12.1. The number of halogens is 1. The Kier molecular flexibility index (Phi) is 7.91. The molecule has 2 rings (SSSR count). The van der Waals surface area contributed by atoms with Crippen LogP contribution in [-0.2, 0) is 16.0 Å². The lowest BCUT2D eigenvalue weighted by atomic mass is 10.0. The Morgan fingerprint density at radius 3 is 2.77 bits per heavy atom.